The zero-order valence-electron chi connectivity index (χ0n) is 18.2. The van der Waals surface area contributed by atoms with E-state index in [-0.39, 0.29) is 17.0 Å². The molecule has 3 rings (SSSR count). The highest BCUT2D eigenvalue weighted by atomic mass is 32.2. The Balaban J connectivity index is 1.63. The Morgan fingerprint density at radius 3 is 2.27 bits per heavy atom. The third kappa shape index (κ3) is 5.89. The first-order chi connectivity index (χ1) is 15.8. The van der Waals surface area contributed by atoms with E-state index in [9.17, 15) is 18.0 Å². The van der Waals surface area contributed by atoms with Crippen LogP contribution in [0, 0.1) is 0 Å². The van der Waals surface area contributed by atoms with E-state index < -0.39 is 28.5 Å². The molecule has 0 atom stereocenters. The van der Waals surface area contributed by atoms with Gasteiger partial charge in [-0.25, -0.2) is 13.2 Å². The van der Waals surface area contributed by atoms with E-state index in [0.717, 1.165) is 0 Å². The van der Waals surface area contributed by atoms with Crippen molar-refractivity contribution in [2.24, 2.45) is 0 Å². The van der Waals surface area contributed by atoms with Crippen molar-refractivity contribution in [1.29, 1.82) is 0 Å². The predicted molar refractivity (Wildman–Crippen MR) is 125 cm³/mol. The summed E-state index contributed by atoms with van der Waals surface area (Å²) in [5.41, 5.74) is 1.18. The Kier molecular flexibility index (Phi) is 7.68. The molecular weight excluding hydrogens is 444 g/mol. The van der Waals surface area contributed by atoms with Gasteiger partial charge in [-0.15, -0.1) is 0 Å². The number of para-hydroxylation sites is 1. The van der Waals surface area contributed by atoms with Crippen LogP contribution in [0.4, 0.5) is 11.4 Å². The molecule has 0 aliphatic heterocycles. The average Bonchev–Trinajstić information content (AvgIpc) is 2.83. The molecule has 8 nitrogen and oxygen atoms in total. The van der Waals surface area contributed by atoms with E-state index in [1.165, 1.54) is 35.7 Å². The van der Waals surface area contributed by atoms with E-state index in [1.54, 1.807) is 61.5 Å². The van der Waals surface area contributed by atoms with Crippen molar-refractivity contribution in [1.82, 2.24) is 0 Å². The summed E-state index contributed by atoms with van der Waals surface area (Å²) in [6.07, 6.45) is 0. The third-order valence-corrected chi connectivity index (χ3v) is 6.61. The first kappa shape index (κ1) is 23.8. The summed E-state index contributed by atoms with van der Waals surface area (Å²) in [6, 6.07) is 20.9. The summed E-state index contributed by atoms with van der Waals surface area (Å²) in [6.45, 7) is 1.50. The molecule has 0 fully saturated rings. The van der Waals surface area contributed by atoms with Crippen molar-refractivity contribution >= 4 is 33.3 Å². The number of hydrogen-bond acceptors (Lipinski definition) is 6. The minimum Gasteiger partial charge on any atom is -0.497 e. The van der Waals surface area contributed by atoms with Gasteiger partial charge in [-0.2, -0.15) is 0 Å². The van der Waals surface area contributed by atoms with E-state index >= 15 is 0 Å². The first-order valence-corrected chi connectivity index (χ1v) is 11.6. The standard InChI is InChI=1S/C24H24N2O6S/c1-3-26(20-9-5-4-6-10-20)33(29,30)22-14-12-18(13-15-22)24(28)32-17-23(27)25-19-8-7-11-21(16-19)31-2/h4-16H,3,17H2,1-2H3,(H,25,27). The van der Waals surface area contributed by atoms with Crippen LogP contribution >= 0.6 is 0 Å². The van der Waals surface area contributed by atoms with Crippen molar-refractivity contribution in [3.05, 3.63) is 84.4 Å². The Morgan fingerprint density at radius 1 is 0.939 bits per heavy atom. The number of nitrogens with zero attached hydrogens (tertiary/aromatic N) is 1. The molecule has 0 heterocycles. The number of rotatable bonds is 9. The quantitative estimate of drug-likeness (QED) is 0.481. The fraction of sp³-hybridized carbons (Fsp3) is 0.167. The third-order valence-electron chi connectivity index (χ3n) is 4.70. The lowest BCUT2D eigenvalue weighted by Gasteiger charge is -2.22. The summed E-state index contributed by atoms with van der Waals surface area (Å²) in [7, 11) is -2.29. The lowest BCUT2D eigenvalue weighted by Crippen LogP contribution is -2.30. The van der Waals surface area contributed by atoms with Gasteiger partial charge in [0, 0.05) is 18.3 Å². The van der Waals surface area contributed by atoms with E-state index in [1.807, 2.05) is 0 Å². The normalized spacial score (nSPS) is 10.8. The SMILES string of the molecule is CCN(c1ccccc1)S(=O)(=O)c1ccc(C(=O)OCC(=O)Nc2cccc(OC)c2)cc1. The number of methoxy groups -OCH3 is 1. The summed E-state index contributed by atoms with van der Waals surface area (Å²) in [4.78, 5) is 24.4. The Morgan fingerprint density at radius 2 is 1.64 bits per heavy atom. The number of anilines is 2. The van der Waals surface area contributed by atoms with Crippen molar-refractivity contribution in [3.63, 3.8) is 0 Å². The van der Waals surface area contributed by atoms with Gasteiger partial charge in [0.2, 0.25) is 0 Å². The number of carbonyl (C=O) groups excluding carboxylic acids is 2. The molecule has 0 saturated carbocycles. The zero-order chi connectivity index (χ0) is 23.8. The minimum absolute atomic E-state index is 0.0421. The monoisotopic (exact) mass is 468 g/mol. The largest absolute Gasteiger partial charge is 0.497 e. The van der Waals surface area contributed by atoms with Crippen LogP contribution in [0.2, 0.25) is 0 Å². The maximum Gasteiger partial charge on any atom is 0.338 e. The van der Waals surface area contributed by atoms with E-state index in [2.05, 4.69) is 5.32 Å². The van der Waals surface area contributed by atoms with Crippen molar-refractivity contribution in [3.8, 4) is 5.75 Å². The molecule has 0 radical (unpaired) electrons. The number of amides is 1. The number of sulfonamides is 1. The van der Waals surface area contributed by atoms with Crippen LogP contribution in [-0.4, -0.2) is 40.6 Å². The topological polar surface area (TPSA) is 102 Å². The highest BCUT2D eigenvalue weighted by Crippen LogP contribution is 2.23. The number of esters is 1. The first-order valence-electron chi connectivity index (χ1n) is 10.1. The minimum atomic E-state index is -3.81. The molecule has 9 heteroatoms. The molecule has 0 bridgehead atoms. The number of nitrogens with one attached hydrogen (secondary N) is 1. The van der Waals surface area contributed by atoms with Gasteiger partial charge in [-0.3, -0.25) is 9.10 Å². The van der Waals surface area contributed by atoms with Crippen LogP contribution < -0.4 is 14.4 Å². The summed E-state index contributed by atoms with van der Waals surface area (Å²) in [5.74, 6) is -0.680. The van der Waals surface area contributed by atoms with Crippen LogP contribution in [0.5, 0.6) is 5.75 Å². The van der Waals surface area contributed by atoms with Gasteiger partial charge in [0.25, 0.3) is 15.9 Å². The van der Waals surface area contributed by atoms with Crippen LogP contribution in [-0.2, 0) is 19.6 Å². The summed E-state index contributed by atoms with van der Waals surface area (Å²) in [5, 5.41) is 2.61. The van der Waals surface area contributed by atoms with Gasteiger partial charge >= 0.3 is 5.97 Å². The highest BCUT2D eigenvalue weighted by molar-refractivity contribution is 7.92. The van der Waals surface area contributed by atoms with Crippen molar-refractivity contribution < 1.29 is 27.5 Å². The Hall–Kier alpha value is -3.85. The number of hydrogen-bond donors (Lipinski definition) is 1. The van der Waals surface area contributed by atoms with Gasteiger partial charge in [0.1, 0.15) is 5.75 Å². The second-order valence-corrected chi connectivity index (χ2v) is 8.75. The molecule has 1 N–H and O–H groups in total. The molecule has 0 spiro atoms. The molecule has 0 unspecified atom stereocenters. The van der Waals surface area contributed by atoms with E-state index in [4.69, 9.17) is 9.47 Å². The van der Waals surface area contributed by atoms with Gasteiger partial charge in [-0.05, 0) is 55.5 Å². The molecule has 0 saturated heterocycles. The number of ether oxygens (including phenoxy) is 2. The fourth-order valence-electron chi connectivity index (χ4n) is 3.09. The molecule has 3 aromatic carbocycles. The van der Waals surface area contributed by atoms with Gasteiger partial charge in [0.15, 0.2) is 6.61 Å². The molecule has 0 aromatic heterocycles. The van der Waals surface area contributed by atoms with Crippen LogP contribution in [0.3, 0.4) is 0 Å². The molecule has 1 amide bonds. The zero-order valence-corrected chi connectivity index (χ0v) is 19.0. The van der Waals surface area contributed by atoms with Crippen LogP contribution in [0.1, 0.15) is 17.3 Å². The smallest absolute Gasteiger partial charge is 0.338 e. The highest BCUT2D eigenvalue weighted by Gasteiger charge is 2.24. The molecular formula is C24H24N2O6S. The lowest BCUT2D eigenvalue weighted by molar-refractivity contribution is -0.119. The van der Waals surface area contributed by atoms with Gasteiger partial charge in [0.05, 0.1) is 23.3 Å². The maximum absolute atomic E-state index is 13.0. The molecule has 33 heavy (non-hydrogen) atoms. The second-order valence-electron chi connectivity index (χ2n) is 6.89. The Labute approximate surface area is 192 Å². The fourth-order valence-corrected chi connectivity index (χ4v) is 4.56. The van der Waals surface area contributed by atoms with Crippen LogP contribution in [0.25, 0.3) is 0 Å². The van der Waals surface area contributed by atoms with Gasteiger partial charge in [-0.1, -0.05) is 24.3 Å². The summed E-state index contributed by atoms with van der Waals surface area (Å²) >= 11 is 0. The molecule has 0 aliphatic rings. The molecule has 172 valence electrons. The molecule has 0 aliphatic carbocycles. The van der Waals surface area contributed by atoms with Crippen LogP contribution in [0.15, 0.2) is 83.8 Å². The second kappa shape index (κ2) is 10.6. The molecule has 3 aromatic rings. The maximum atomic E-state index is 13.0. The van der Waals surface area contributed by atoms with Crippen molar-refractivity contribution in [2.45, 2.75) is 11.8 Å². The van der Waals surface area contributed by atoms with E-state index in [0.29, 0.717) is 17.1 Å². The van der Waals surface area contributed by atoms with Gasteiger partial charge < -0.3 is 14.8 Å². The Bertz CT molecular complexity index is 1210. The number of carbonyl (C=O) groups is 2. The van der Waals surface area contributed by atoms with Crippen molar-refractivity contribution in [2.75, 3.05) is 29.9 Å². The number of benzene rings is 3. The average molecular weight is 469 g/mol. The lowest BCUT2D eigenvalue weighted by atomic mass is 10.2. The summed E-state index contributed by atoms with van der Waals surface area (Å²) < 4.78 is 37.5. The predicted octanol–water partition coefficient (Wildman–Crippen LogP) is 3.71.